The molecule has 0 unspecified atom stereocenters. The lowest BCUT2D eigenvalue weighted by atomic mass is 10.1. The van der Waals surface area contributed by atoms with Crippen LogP contribution in [-0.4, -0.2) is 15.1 Å². The van der Waals surface area contributed by atoms with Crippen LogP contribution in [0.1, 0.15) is 0 Å². The molecule has 2 aromatic heterocycles. The Kier molecular flexibility index (Phi) is 4.75. The van der Waals surface area contributed by atoms with Crippen molar-refractivity contribution >= 4 is 21.8 Å². The maximum Gasteiger partial charge on any atom is 0.115 e. The van der Waals surface area contributed by atoms with Gasteiger partial charge in [0.15, 0.2) is 0 Å². The van der Waals surface area contributed by atoms with Crippen LogP contribution in [0, 0.1) is 0 Å². The van der Waals surface area contributed by atoms with E-state index in [1.165, 1.54) is 5.56 Å². The summed E-state index contributed by atoms with van der Waals surface area (Å²) in [5, 5.41) is 11.4. The molecule has 0 bridgehead atoms. The largest absolute Gasteiger partial charge is 0.508 e. The highest BCUT2D eigenvalue weighted by Crippen LogP contribution is 2.21. The van der Waals surface area contributed by atoms with Crippen LogP contribution in [0.4, 0.5) is 0 Å². The quantitative estimate of drug-likeness (QED) is 0.386. The highest BCUT2D eigenvalue weighted by atomic mass is 16.3. The van der Waals surface area contributed by atoms with Crippen molar-refractivity contribution in [2.45, 2.75) is 0 Å². The van der Waals surface area contributed by atoms with E-state index in [1.807, 2.05) is 54.6 Å². The molecule has 130 valence electrons. The van der Waals surface area contributed by atoms with Gasteiger partial charge in [-0.1, -0.05) is 66.7 Å². The van der Waals surface area contributed by atoms with Crippen LogP contribution in [0.15, 0.2) is 103 Å². The van der Waals surface area contributed by atoms with E-state index in [4.69, 9.17) is 5.11 Å². The summed E-state index contributed by atoms with van der Waals surface area (Å²) < 4.78 is 0. The number of aromatic nitrogens is 2. The highest BCUT2D eigenvalue weighted by Gasteiger charge is 2.00. The number of benzene rings is 3. The van der Waals surface area contributed by atoms with Gasteiger partial charge in [-0.2, -0.15) is 0 Å². The molecule has 0 saturated heterocycles. The Morgan fingerprint density at radius 3 is 1.56 bits per heavy atom. The third kappa shape index (κ3) is 3.77. The molecule has 0 radical (unpaired) electrons. The van der Waals surface area contributed by atoms with Gasteiger partial charge in [-0.25, -0.2) is 0 Å². The third-order valence-corrected chi connectivity index (χ3v) is 4.32. The Hall–Kier alpha value is -3.72. The fraction of sp³-hybridized carbons (Fsp3) is 0. The minimum atomic E-state index is 0.305. The minimum Gasteiger partial charge on any atom is -0.508 e. The van der Waals surface area contributed by atoms with Gasteiger partial charge in [0.05, 0.1) is 11.0 Å². The number of hydrogen-bond acceptors (Lipinski definition) is 3. The number of fused-ring (bicyclic) bond motifs is 3. The summed E-state index contributed by atoms with van der Waals surface area (Å²) in [4.78, 5) is 8.69. The summed E-state index contributed by atoms with van der Waals surface area (Å²) in [7, 11) is 0. The maximum absolute atomic E-state index is 9.10. The van der Waals surface area contributed by atoms with Gasteiger partial charge in [-0.15, -0.1) is 0 Å². The predicted octanol–water partition coefficient (Wildman–Crippen LogP) is 5.84. The fourth-order valence-electron chi connectivity index (χ4n) is 2.96. The molecule has 5 rings (SSSR count). The van der Waals surface area contributed by atoms with Crippen LogP contribution in [0.2, 0.25) is 0 Å². The van der Waals surface area contributed by atoms with E-state index in [1.54, 1.807) is 24.5 Å². The van der Waals surface area contributed by atoms with E-state index in [0.29, 0.717) is 5.75 Å². The number of nitrogens with zero attached hydrogens (tertiary/aromatic N) is 2. The van der Waals surface area contributed by atoms with Crippen LogP contribution in [0.25, 0.3) is 32.9 Å². The van der Waals surface area contributed by atoms with Gasteiger partial charge in [0.25, 0.3) is 0 Å². The molecule has 27 heavy (non-hydrogen) atoms. The predicted molar refractivity (Wildman–Crippen MR) is 111 cm³/mol. The van der Waals surface area contributed by atoms with Crippen LogP contribution in [-0.2, 0) is 0 Å². The zero-order chi connectivity index (χ0) is 18.5. The molecule has 0 amide bonds. The van der Waals surface area contributed by atoms with Crippen molar-refractivity contribution in [3.8, 4) is 16.9 Å². The van der Waals surface area contributed by atoms with Crippen LogP contribution >= 0.6 is 0 Å². The standard InChI is InChI=1S/C12H8N2.C12H10O/c1-3-9-5-6-10-4-2-8-14-12(10)11(9)13-7-1;13-12-8-6-11(7-9-12)10-4-2-1-3-5-10/h1-8H;1-9,13H. The molecule has 0 spiro atoms. The number of rotatable bonds is 1. The maximum atomic E-state index is 9.10. The summed E-state index contributed by atoms with van der Waals surface area (Å²) in [5.74, 6) is 0.305. The van der Waals surface area contributed by atoms with Crippen molar-refractivity contribution < 1.29 is 5.11 Å². The van der Waals surface area contributed by atoms with Crippen LogP contribution < -0.4 is 0 Å². The summed E-state index contributed by atoms with van der Waals surface area (Å²) in [6.07, 6.45) is 3.60. The summed E-state index contributed by atoms with van der Waals surface area (Å²) in [6, 6.07) is 29.4. The molecular formula is C24H18N2O. The van der Waals surface area contributed by atoms with Gasteiger partial charge in [-0.05, 0) is 35.4 Å². The lowest BCUT2D eigenvalue weighted by Gasteiger charge is -2.00. The van der Waals surface area contributed by atoms with E-state index in [-0.39, 0.29) is 0 Å². The van der Waals surface area contributed by atoms with Gasteiger partial charge in [0, 0.05) is 23.2 Å². The van der Waals surface area contributed by atoms with Gasteiger partial charge in [0.1, 0.15) is 5.75 Å². The molecule has 0 aliphatic carbocycles. The molecule has 0 fully saturated rings. The van der Waals surface area contributed by atoms with Crippen molar-refractivity contribution in [2.75, 3.05) is 0 Å². The normalized spacial score (nSPS) is 10.4. The number of phenolic OH excluding ortho intramolecular Hbond substituents is 1. The molecule has 2 heterocycles. The van der Waals surface area contributed by atoms with Gasteiger partial charge >= 0.3 is 0 Å². The van der Waals surface area contributed by atoms with Crippen molar-refractivity contribution in [3.63, 3.8) is 0 Å². The smallest absolute Gasteiger partial charge is 0.115 e. The van der Waals surface area contributed by atoms with Gasteiger partial charge < -0.3 is 5.11 Å². The summed E-state index contributed by atoms with van der Waals surface area (Å²) in [5.41, 5.74) is 4.25. The fourth-order valence-corrected chi connectivity index (χ4v) is 2.96. The van der Waals surface area contributed by atoms with Crippen molar-refractivity contribution in [2.24, 2.45) is 0 Å². The molecule has 5 aromatic rings. The Morgan fingerprint density at radius 2 is 1.00 bits per heavy atom. The zero-order valence-electron chi connectivity index (χ0n) is 14.7. The SMILES string of the molecule is Oc1ccc(-c2ccccc2)cc1.c1cnc2c(c1)ccc1cccnc12. The van der Waals surface area contributed by atoms with E-state index in [9.17, 15) is 0 Å². The zero-order valence-corrected chi connectivity index (χ0v) is 14.7. The molecule has 0 atom stereocenters. The number of pyridine rings is 2. The van der Waals surface area contributed by atoms with Gasteiger partial charge in [0.2, 0.25) is 0 Å². The summed E-state index contributed by atoms with van der Waals surface area (Å²) in [6.45, 7) is 0. The van der Waals surface area contributed by atoms with E-state index >= 15 is 0 Å². The Labute approximate surface area is 157 Å². The van der Waals surface area contributed by atoms with Crippen molar-refractivity contribution in [1.29, 1.82) is 0 Å². The van der Waals surface area contributed by atoms with Crippen LogP contribution in [0.5, 0.6) is 5.75 Å². The van der Waals surface area contributed by atoms with Crippen molar-refractivity contribution in [1.82, 2.24) is 9.97 Å². The molecular weight excluding hydrogens is 332 g/mol. The molecule has 0 saturated carbocycles. The molecule has 3 heteroatoms. The topological polar surface area (TPSA) is 46.0 Å². The average Bonchev–Trinajstić information content (AvgIpc) is 2.75. The Bertz CT molecular complexity index is 1110. The second kappa shape index (κ2) is 7.67. The first-order valence-electron chi connectivity index (χ1n) is 8.74. The summed E-state index contributed by atoms with van der Waals surface area (Å²) >= 11 is 0. The first-order valence-corrected chi connectivity index (χ1v) is 8.74. The Balaban J connectivity index is 0.000000134. The number of aromatic hydroxyl groups is 1. The number of phenols is 1. The molecule has 3 aromatic carbocycles. The molecule has 0 aliphatic heterocycles. The van der Waals surface area contributed by atoms with Crippen molar-refractivity contribution in [3.05, 3.63) is 103 Å². The minimum absolute atomic E-state index is 0.305. The molecule has 0 aliphatic rings. The number of hydrogen-bond donors (Lipinski definition) is 1. The first kappa shape index (κ1) is 16.7. The van der Waals surface area contributed by atoms with E-state index in [0.717, 1.165) is 27.4 Å². The second-order valence-electron chi connectivity index (χ2n) is 6.13. The second-order valence-corrected chi connectivity index (χ2v) is 6.13. The third-order valence-electron chi connectivity index (χ3n) is 4.32. The van der Waals surface area contributed by atoms with Crippen LogP contribution in [0.3, 0.4) is 0 Å². The Morgan fingerprint density at radius 1 is 0.481 bits per heavy atom. The van der Waals surface area contributed by atoms with Gasteiger partial charge in [-0.3, -0.25) is 9.97 Å². The first-order chi connectivity index (χ1) is 13.3. The lowest BCUT2D eigenvalue weighted by Crippen LogP contribution is -1.83. The molecule has 1 N–H and O–H groups in total. The molecule has 3 nitrogen and oxygen atoms in total. The lowest BCUT2D eigenvalue weighted by molar-refractivity contribution is 0.475. The average molecular weight is 350 g/mol. The van der Waals surface area contributed by atoms with E-state index in [2.05, 4.69) is 34.2 Å². The highest BCUT2D eigenvalue weighted by molar-refractivity contribution is 6.02. The van der Waals surface area contributed by atoms with E-state index < -0.39 is 0 Å². The monoisotopic (exact) mass is 350 g/mol.